The number of hydrogen-bond acceptors (Lipinski definition) is 4. The van der Waals surface area contributed by atoms with Crippen molar-refractivity contribution >= 4 is 18.0 Å². The summed E-state index contributed by atoms with van der Waals surface area (Å²) in [6, 6.07) is -1.49. The van der Waals surface area contributed by atoms with E-state index < -0.39 is 24.0 Å². The third kappa shape index (κ3) is 6.96. The Bertz CT molecular complexity index is 333. The Balaban J connectivity index is 4.61. The van der Waals surface area contributed by atoms with Gasteiger partial charge in [-0.1, -0.05) is 26.7 Å². The largest absolute Gasteiger partial charge is 0.480 e. The van der Waals surface area contributed by atoms with Gasteiger partial charge in [-0.3, -0.25) is 4.79 Å². The molecule has 116 valence electrons. The molecule has 0 fully saturated rings. The smallest absolute Gasteiger partial charge is 0.326 e. The molecular weight excluding hydrogens is 264 g/mol. The van der Waals surface area contributed by atoms with Crippen molar-refractivity contribution in [1.82, 2.24) is 10.2 Å². The van der Waals surface area contributed by atoms with Gasteiger partial charge in [0.2, 0.25) is 0 Å². The molecule has 0 aliphatic carbocycles. The zero-order valence-electron chi connectivity index (χ0n) is 12.3. The van der Waals surface area contributed by atoms with Gasteiger partial charge in [0, 0.05) is 6.54 Å². The molecule has 7 heteroatoms. The highest BCUT2D eigenvalue weighted by Gasteiger charge is 2.23. The number of carboxylic acid groups (broad SMARTS) is 1. The van der Waals surface area contributed by atoms with Crippen LogP contribution in [0.3, 0.4) is 0 Å². The molecule has 0 saturated heterocycles. The normalized spacial score (nSPS) is 11.6. The fourth-order valence-electron chi connectivity index (χ4n) is 1.65. The monoisotopic (exact) mass is 288 g/mol. The number of rotatable bonds is 9. The number of amides is 2. The van der Waals surface area contributed by atoms with Gasteiger partial charge >= 0.3 is 18.0 Å². The minimum Gasteiger partial charge on any atom is -0.480 e. The second kappa shape index (κ2) is 10.1. The molecule has 7 nitrogen and oxygen atoms in total. The Morgan fingerprint density at radius 3 is 2.35 bits per heavy atom. The van der Waals surface area contributed by atoms with Crippen LogP contribution >= 0.6 is 0 Å². The minimum absolute atomic E-state index is 0.184. The van der Waals surface area contributed by atoms with Crippen LogP contribution in [0.15, 0.2) is 0 Å². The van der Waals surface area contributed by atoms with E-state index in [2.05, 4.69) is 10.1 Å². The average molecular weight is 288 g/mol. The Morgan fingerprint density at radius 1 is 1.25 bits per heavy atom. The van der Waals surface area contributed by atoms with Crippen LogP contribution in [-0.2, 0) is 14.3 Å². The van der Waals surface area contributed by atoms with Gasteiger partial charge in [0.25, 0.3) is 0 Å². The predicted molar refractivity (Wildman–Crippen MR) is 73.4 cm³/mol. The molecular formula is C13H24N2O5. The highest BCUT2D eigenvalue weighted by molar-refractivity contribution is 5.85. The first-order chi connectivity index (χ1) is 9.46. The maximum atomic E-state index is 12.0. The van der Waals surface area contributed by atoms with Crippen molar-refractivity contribution in [2.45, 2.75) is 45.6 Å². The first-order valence-electron chi connectivity index (χ1n) is 6.81. The zero-order chi connectivity index (χ0) is 15.5. The maximum Gasteiger partial charge on any atom is 0.326 e. The van der Waals surface area contributed by atoms with E-state index in [0.29, 0.717) is 25.8 Å². The van der Waals surface area contributed by atoms with Gasteiger partial charge in [-0.15, -0.1) is 0 Å². The van der Waals surface area contributed by atoms with Gasteiger partial charge in [0.1, 0.15) is 12.6 Å². The maximum absolute atomic E-state index is 12.0. The first kappa shape index (κ1) is 18.2. The lowest BCUT2D eigenvalue weighted by Gasteiger charge is -2.23. The summed E-state index contributed by atoms with van der Waals surface area (Å²) < 4.78 is 4.52. The third-order valence-electron chi connectivity index (χ3n) is 2.77. The number of nitrogens with zero attached hydrogens (tertiary/aromatic N) is 1. The number of carbonyl (C=O) groups excluding carboxylic acids is 2. The van der Waals surface area contributed by atoms with E-state index in [1.54, 1.807) is 0 Å². The molecule has 0 rings (SSSR count). The molecule has 20 heavy (non-hydrogen) atoms. The van der Waals surface area contributed by atoms with Crippen LogP contribution in [0.4, 0.5) is 4.79 Å². The van der Waals surface area contributed by atoms with Crippen molar-refractivity contribution in [2.75, 3.05) is 20.2 Å². The van der Waals surface area contributed by atoms with Gasteiger partial charge in [0.15, 0.2) is 0 Å². The molecule has 0 heterocycles. The van der Waals surface area contributed by atoms with E-state index in [4.69, 9.17) is 5.11 Å². The summed E-state index contributed by atoms with van der Waals surface area (Å²) in [6.07, 6.45) is 2.59. The summed E-state index contributed by atoms with van der Waals surface area (Å²) in [5.41, 5.74) is 0. The number of carbonyl (C=O) groups is 3. The van der Waals surface area contributed by atoms with Crippen LogP contribution in [0.1, 0.15) is 39.5 Å². The summed E-state index contributed by atoms with van der Waals surface area (Å²) in [5, 5.41) is 11.5. The Kier molecular flexibility index (Phi) is 9.15. The molecule has 0 aromatic heterocycles. The Morgan fingerprint density at radius 2 is 1.90 bits per heavy atom. The van der Waals surface area contributed by atoms with Crippen LogP contribution in [0.2, 0.25) is 0 Å². The van der Waals surface area contributed by atoms with Crippen LogP contribution in [0.25, 0.3) is 0 Å². The molecule has 1 unspecified atom stereocenters. The number of urea groups is 1. The van der Waals surface area contributed by atoms with E-state index in [1.165, 1.54) is 12.0 Å². The molecule has 2 N–H and O–H groups in total. The molecule has 0 bridgehead atoms. The summed E-state index contributed by atoms with van der Waals surface area (Å²) in [5.74, 6) is -1.60. The fourth-order valence-corrected chi connectivity index (χ4v) is 1.65. The second-order valence-electron chi connectivity index (χ2n) is 4.48. The minimum atomic E-state index is -1.07. The first-order valence-corrected chi connectivity index (χ1v) is 6.81. The van der Waals surface area contributed by atoms with Crippen molar-refractivity contribution in [1.29, 1.82) is 0 Å². The highest BCUT2D eigenvalue weighted by atomic mass is 16.5. The Labute approximate surface area is 119 Å². The van der Waals surface area contributed by atoms with Crippen LogP contribution < -0.4 is 5.32 Å². The summed E-state index contributed by atoms with van der Waals surface area (Å²) in [6.45, 7) is 3.99. The number of carboxylic acids is 1. The number of nitrogens with one attached hydrogen (secondary N) is 1. The SMILES string of the molecule is CCCCC(NC(=O)N(CCC)CC(=O)OC)C(=O)O. The van der Waals surface area contributed by atoms with Gasteiger partial charge in [-0.25, -0.2) is 9.59 Å². The van der Waals surface area contributed by atoms with Crippen molar-refractivity contribution in [3.05, 3.63) is 0 Å². The van der Waals surface area contributed by atoms with E-state index >= 15 is 0 Å². The lowest BCUT2D eigenvalue weighted by Crippen LogP contribution is -2.49. The average Bonchev–Trinajstić information content (AvgIpc) is 2.42. The third-order valence-corrected chi connectivity index (χ3v) is 2.77. The van der Waals surface area contributed by atoms with Gasteiger partial charge < -0.3 is 20.1 Å². The summed E-state index contributed by atoms with van der Waals surface area (Å²) in [4.78, 5) is 35.6. The number of unbranched alkanes of at least 4 members (excludes halogenated alkanes) is 1. The highest BCUT2D eigenvalue weighted by Crippen LogP contribution is 2.03. The van der Waals surface area contributed by atoms with Gasteiger partial charge in [-0.2, -0.15) is 0 Å². The van der Waals surface area contributed by atoms with Gasteiger partial charge in [0.05, 0.1) is 7.11 Å². The quantitative estimate of drug-likeness (QED) is 0.622. The van der Waals surface area contributed by atoms with E-state index in [-0.39, 0.29) is 6.54 Å². The summed E-state index contributed by atoms with van der Waals surface area (Å²) >= 11 is 0. The van der Waals surface area contributed by atoms with Crippen molar-refractivity contribution in [2.24, 2.45) is 0 Å². The molecule has 0 aliphatic rings. The molecule has 0 aliphatic heterocycles. The molecule has 0 radical (unpaired) electrons. The van der Waals surface area contributed by atoms with Crippen LogP contribution in [-0.4, -0.2) is 54.2 Å². The van der Waals surface area contributed by atoms with Crippen molar-refractivity contribution in [3.63, 3.8) is 0 Å². The Hall–Kier alpha value is -1.79. The molecule has 2 amide bonds. The number of aliphatic carboxylic acids is 1. The number of ether oxygens (including phenoxy) is 1. The molecule has 0 spiro atoms. The fraction of sp³-hybridized carbons (Fsp3) is 0.769. The lowest BCUT2D eigenvalue weighted by atomic mass is 10.1. The van der Waals surface area contributed by atoms with Gasteiger partial charge in [-0.05, 0) is 12.8 Å². The molecule has 1 atom stereocenters. The number of esters is 1. The van der Waals surface area contributed by atoms with Crippen LogP contribution in [0, 0.1) is 0 Å². The standard InChI is InChI=1S/C13H24N2O5/c1-4-6-7-10(12(17)18)14-13(19)15(8-5-2)9-11(16)20-3/h10H,4-9H2,1-3H3,(H,14,19)(H,17,18). The second-order valence-corrected chi connectivity index (χ2v) is 4.48. The van der Waals surface area contributed by atoms with Crippen molar-refractivity contribution < 1.29 is 24.2 Å². The van der Waals surface area contributed by atoms with Crippen LogP contribution in [0.5, 0.6) is 0 Å². The molecule has 0 aromatic rings. The van der Waals surface area contributed by atoms with Crippen molar-refractivity contribution in [3.8, 4) is 0 Å². The predicted octanol–water partition coefficient (Wildman–Crippen LogP) is 1.22. The van der Waals surface area contributed by atoms with E-state index in [0.717, 1.165) is 6.42 Å². The summed E-state index contributed by atoms with van der Waals surface area (Å²) in [7, 11) is 1.24. The van der Waals surface area contributed by atoms with E-state index in [9.17, 15) is 14.4 Å². The molecule has 0 aromatic carbocycles. The number of hydrogen-bond donors (Lipinski definition) is 2. The van der Waals surface area contributed by atoms with E-state index in [1.807, 2.05) is 13.8 Å². The lowest BCUT2D eigenvalue weighted by molar-refractivity contribution is -0.141. The molecule has 0 saturated carbocycles. The number of methoxy groups -OCH3 is 1. The topological polar surface area (TPSA) is 95.9 Å². The zero-order valence-corrected chi connectivity index (χ0v) is 12.3.